The van der Waals surface area contributed by atoms with Crippen LogP contribution < -0.4 is 9.62 Å². The Morgan fingerprint density at radius 2 is 1.78 bits per heavy atom. The molecule has 0 spiro atoms. The average Bonchev–Trinajstić information content (AvgIpc) is 3.18. The van der Waals surface area contributed by atoms with Gasteiger partial charge in [-0.25, -0.2) is 18.1 Å². The molecule has 3 aromatic rings. The van der Waals surface area contributed by atoms with Crippen LogP contribution in [-0.2, 0) is 22.7 Å². The Labute approximate surface area is 185 Å². The smallest absolute Gasteiger partial charge is 0.313 e. The minimum atomic E-state index is -4.93. The minimum absolute atomic E-state index is 0.116. The second-order valence-electron chi connectivity index (χ2n) is 6.61. The van der Waals surface area contributed by atoms with E-state index in [9.17, 15) is 26.4 Å². The van der Waals surface area contributed by atoms with Crippen molar-refractivity contribution in [2.45, 2.75) is 12.7 Å². The number of nitriles is 1. The number of amides is 1. The monoisotopic (exact) mass is 480 g/mol. The molecule has 3 rings (SSSR count). The number of rotatable bonds is 6. The van der Waals surface area contributed by atoms with Crippen LogP contribution in [0.5, 0.6) is 0 Å². The van der Waals surface area contributed by atoms with E-state index in [1.165, 1.54) is 21.8 Å². The molecule has 1 heterocycles. The van der Waals surface area contributed by atoms with E-state index in [1.807, 2.05) is 6.07 Å². The van der Waals surface area contributed by atoms with Crippen LogP contribution in [0.4, 0.5) is 24.0 Å². The number of carbonyl (C=O) groups excluding carboxylic acids is 1. The Balaban J connectivity index is 2.12. The molecule has 166 valence electrons. The van der Waals surface area contributed by atoms with Gasteiger partial charge in [0.2, 0.25) is 10.0 Å². The molecule has 2 aromatic carbocycles. The van der Waals surface area contributed by atoms with Crippen molar-refractivity contribution < 1.29 is 26.4 Å². The number of nitrogens with zero attached hydrogens (tertiary/aromatic N) is 3. The lowest BCUT2D eigenvalue weighted by Gasteiger charge is -2.22. The maximum Gasteiger partial charge on any atom is 0.428 e. The van der Waals surface area contributed by atoms with Crippen molar-refractivity contribution >= 4 is 38.1 Å². The van der Waals surface area contributed by atoms with Crippen LogP contribution in [0.25, 0.3) is 0 Å². The Morgan fingerprint density at radius 1 is 1.16 bits per heavy atom. The third-order valence-electron chi connectivity index (χ3n) is 4.09. The maximum absolute atomic E-state index is 13.6. The summed E-state index contributed by atoms with van der Waals surface area (Å²) in [5.74, 6) is -1.47. The summed E-state index contributed by atoms with van der Waals surface area (Å²) >= 11 is 0.222. The summed E-state index contributed by atoms with van der Waals surface area (Å²) in [5.41, 5.74) is 0.513. The molecule has 32 heavy (non-hydrogen) atoms. The van der Waals surface area contributed by atoms with Gasteiger partial charge in [-0.05, 0) is 29.8 Å². The quantitative estimate of drug-likeness (QED) is 0.571. The largest absolute Gasteiger partial charge is 0.428 e. The number of anilines is 2. The highest BCUT2D eigenvalue weighted by molar-refractivity contribution is 7.89. The number of hydrogen-bond acceptors (Lipinski definition) is 7. The molecule has 0 saturated carbocycles. The highest BCUT2D eigenvalue weighted by Crippen LogP contribution is 2.41. The predicted octanol–water partition coefficient (Wildman–Crippen LogP) is 4.06. The lowest BCUT2D eigenvalue weighted by Crippen LogP contribution is -2.31. The summed E-state index contributed by atoms with van der Waals surface area (Å²) in [6.07, 6.45) is -4.27. The molecule has 0 fully saturated rings. The minimum Gasteiger partial charge on any atom is -0.313 e. The van der Waals surface area contributed by atoms with Crippen molar-refractivity contribution in [1.82, 2.24) is 9.71 Å². The van der Waals surface area contributed by atoms with Gasteiger partial charge in [-0.2, -0.15) is 18.4 Å². The zero-order valence-electron chi connectivity index (χ0n) is 16.4. The Kier molecular flexibility index (Phi) is 6.52. The lowest BCUT2D eigenvalue weighted by atomic mass is 10.2. The van der Waals surface area contributed by atoms with Crippen LogP contribution >= 0.6 is 11.3 Å². The average molecular weight is 480 g/mol. The Morgan fingerprint density at radius 3 is 2.31 bits per heavy atom. The van der Waals surface area contributed by atoms with Gasteiger partial charge in [0.25, 0.3) is 5.91 Å². The van der Waals surface area contributed by atoms with E-state index in [0.717, 1.165) is 5.56 Å². The normalized spacial score (nSPS) is 11.6. The van der Waals surface area contributed by atoms with Crippen molar-refractivity contribution in [2.24, 2.45) is 0 Å². The van der Waals surface area contributed by atoms with E-state index >= 15 is 0 Å². The van der Waals surface area contributed by atoms with Crippen LogP contribution in [0.1, 0.15) is 26.5 Å². The fourth-order valence-electron chi connectivity index (χ4n) is 2.74. The lowest BCUT2D eigenvalue weighted by molar-refractivity contribution is -0.134. The second kappa shape index (κ2) is 8.97. The van der Waals surface area contributed by atoms with Gasteiger partial charge in [0.1, 0.15) is 4.88 Å². The summed E-state index contributed by atoms with van der Waals surface area (Å²) in [7, 11) is -4.10. The van der Waals surface area contributed by atoms with E-state index in [2.05, 4.69) is 4.98 Å². The first-order valence-corrected chi connectivity index (χ1v) is 11.6. The number of aromatic nitrogens is 1. The van der Waals surface area contributed by atoms with Gasteiger partial charge in [0, 0.05) is 5.69 Å². The van der Waals surface area contributed by atoms with Gasteiger partial charge in [-0.1, -0.05) is 41.7 Å². The van der Waals surface area contributed by atoms with Crippen molar-refractivity contribution in [3.63, 3.8) is 0 Å². The van der Waals surface area contributed by atoms with Gasteiger partial charge >= 0.3 is 6.18 Å². The molecule has 0 bridgehead atoms. The first kappa shape index (κ1) is 23.2. The first-order valence-electron chi connectivity index (χ1n) is 8.89. The Hall–Kier alpha value is -3.43. The van der Waals surface area contributed by atoms with Crippen LogP contribution in [0.3, 0.4) is 0 Å². The van der Waals surface area contributed by atoms with Gasteiger partial charge in [0.05, 0.1) is 24.4 Å². The van der Waals surface area contributed by atoms with Crippen molar-refractivity contribution in [2.75, 3.05) is 11.2 Å². The summed E-state index contributed by atoms with van der Waals surface area (Å²) < 4.78 is 65.2. The number of carbonyl (C=O) groups is 1. The molecule has 1 N–H and O–H groups in total. The van der Waals surface area contributed by atoms with Crippen molar-refractivity contribution in [3.8, 4) is 6.07 Å². The van der Waals surface area contributed by atoms with E-state index in [4.69, 9.17) is 5.26 Å². The summed E-state index contributed by atoms with van der Waals surface area (Å²) in [5, 5.41) is 8.85. The number of nitrogens with one attached hydrogen (secondary N) is 1. The maximum atomic E-state index is 13.6. The topological polar surface area (TPSA) is 103 Å². The molecule has 0 aliphatic carbocycles. The molecule has 1 amide bonds. The predicted molar refractivity (Wildman–Crippen MR) is 113 cm³/mol. The van der Waals surface area contributed by atoms with Crippen LogP contribution in [0, 0.1) is 11.3 Å². The number of hydrogen-bond donors (Lipinski definition) is 1. The number of sulfonamides is 1. The SMILES string of the molecule is CS(=O)(=O)NC(=O)c1nc(N(Cc2ccccc2)c2ccc(C#N)cc2)sc1C(F)(F)F. The standard InChI is InChI=1S/C20H15F3N4O3S2/c1-32(29,30)26-18(28)16-17(20(21,22)23)31-19(25-16)27(12-14-5-3-2-4-6-14)15-9-7-13(11-24)8-10-15/h2-10H,12H2,1H3,(H,26,28). The van der Waals surface area contributed by atoms with Crippen LogP contribution in [-0.4, -0.2) is 25.6 Å². The number of halogens is 3. The zero-order valence-corrected chi connectivity index (χ0v) is 18.1. The van der Waals surface area contributed by atoms with E-state index < -0.39 is 32.7 Å². The van der Waals surface area contributed by atoms with E-state index in [-0.39, 0.29) is 23.0 Å². The van der Waals surface area contributed by atoms with Gasteiger partial charge in [-0.3, -0.25) is 4.79 Å². The van der Waals surface area contributed by atoms with Gasteiger partial charge in [-0.15, -0.1) is 0 Å². The molecular formula is C20H15F3N4O3S2. The molecule has 0 aliphatic heterocycles. The summed E-state index contributed by atoms with van der Waals surface area (Å²) in [4.78, 5) is 16.2. The zero-order chi connectivity index (χ0) is 23.5. The molecule has 0 unspecified atom stereocenters. The number of benzene rings is 2. The van der Waals surface area contributed by atoms with Gasteiger partial charge in [0.15, 0.2) is 10.8 Å². The molecule has 1 aromatic heterocycles. The molecule has 7 nitrogen and oxygen atoms in total. The highest BCUT2D eigenvalue weighted by Gasteiger charge is 2.40. The highest BCUT2D eigenvalue weighted by atomic mass is 32.2. The molecular weight excluding hydrogens is 465 g/mol. The van der Waals surface area contributed by atoms with Crippen molar-refractivity contribution in [3.05, 3.63) is 76.3 Å². The Bertz CT molecular complexity index is 1270. The van der Waals surface area contributed by atoms with Crippen molar-refractivity contribution in [1.29, 1.82) is 5.26 Å². The third-order valence-corrected chi connectivity index (χ3v) is 5.77. The van der Waals surface area contributed by atoms with E-state index in [0.29, 0.717) is 17.5 Å². The van der Waals surface area contributed by atoms with Gasteiger partial charge < -0.3 is 4.90 Å². The fourth-order valence-corrected chi connectivity index (χ4v) is 4.12. The summed E-state index contributed by atoms with van der Waals surface area (Å²) in [6, 6.07) is 16.9. The fraction of sp³-hybridized carbons (Fsp3) is 0.150. The first-order chi connectivity index (χ1) is 15.0. The van der Waals surface area contributed by atoms with E-state index in [1.54, 1.807) is 42.5 Å². The molecule has 12 heteroatoms. The van der Waals surface area contributed by atoms with Crippen LogP contribution in [0.15, 0.2) is 54.6 Å². The molecule has 0 radical (unpaired) electrons. The molecule has 0 saturated heterocycles. The second-order valence-corrected chi connectivity index (χ2v) is 9.33. The summed E-state index contributed by atoms with van der Waals surface area (Å²) in [6.45, 7) is 0.116. The molecule has 0 atom stereocenters. The number of alkyl halides is 3. The molecule has 0 aliphatic rings. The number of thiazole rings is 1. The third kappa shape index (κ3) is 5.63. The van der Waals surface area contributed by atoms with Crippen LogP contribution in [0.2, 0.25) is 0 Å².